The average Bonchev–Trinajstić information content (AvgIpc) is 2.26. The van der Waals surface area contributed by atoms with Crippen LogP contribution in [0.3, 0.4) is 0 Å². The maximum atomic E-state index is 12.1. The van der Waals surface area contributed by atoms with E-state index >= 15 is 0 Å². The number of esters is 1. The third kappa shape index (κ3) is 6.20. The topological polar surface area (TPSA) is 66.8 Å². The van der Waals surface area contributed by atoms with Gasteiger partial charge >= 0.3 is 5.97 Å². The van der Waals surface area contributed by atoms with Gasteiger partial charge in [-0.05, 0) is 52.7 Å². The highest BCUT2D eigenvalue weighted by molar-refractivity contribution is 6.71. The van der Waals surface area contributed by atoms with E-state index in [1.54, 1.807) is 0 Å². The van der Waals surface area contributed by atoms with Crippen molar-refractivity contribution in [1.29, 1.82) is 0 Å². The molecule has 1 unspecified atom stereocenters. The SMILES string of the molecule is CC(C)(C)OC(=O)C1CCCCN1CC[Si]C(=O)O. The van der Waals surface area contributed by atoms with Crippen LogP contribution in [0.25, 0.3) is 0 Å². The molecule has 1 fully saturated rings. The van der Waals surface area contributed by atoms with Crippen molar-refractivity contribution in [3.63, 3.8) is 0 Å². The molecule has 0 amide bonds. The monoisotopic (exact) mass is 285 g/mol. The fourth-order valence-electron chi connectivity index (χ4n) is 2.20. The number of carbonyl (C=O) groups excluding carboxylic acids is 1. The summed E-state index contributed by atoms with van der Waals surface area (Å²) in [7, 11) is -0.0911. The number of carboxylic acid groups (broad SMARTS) is 1. The first-order valence-corrected chi connectivity index (χ1v) is 7.94. The van der Waals surface area contributed by atoms with E-state index in [1.807, 2.05) is 20.8 Å². The van der Waals surface area contributed by atoms with E-state index in [1.165, 1.54) is 0 Å². The minimum absolute atomic E-state index is 0.0911. The van der Waals surface area contributed by atoms with Gasteiger partial charge in [-0.15, -0.1) is 0 Å². The Hall–Kier alpha value is -0.883. The number of piperidine rings is 1. The molecule has 1 heterocycles. The summed E-state index contributed by atoms with van der Waals surface area (Å²) in [5.41, 5.74) is -1.23. The average molecular weight is 285 g/mol. The zero-order chi connectivity index (χ0) is 14.5. The van der Waals surface area contributed by atoms with Crippen molar-refractivity contribution in [3.05, 3.63) is 0 Å². The molecule has 1 saturated heterocycles. The molecular formula is C13H23NO4Si. The summed E-state index contributed by atoms with van der Waals surface area (Å²) in [5, 5.41) is 8.67. The Balaban J connectivity index is 2.51. The number of ether oxygens (including phenoxy) is 1. The molecular weight excluding hydrogens is 262 g/mol. The van der Waals surface area contributed by atoms with Crippen LogP contribution in [0.15, 0.2) is 0 Å². The number of rotatable bonds is 5. The molecule has 1 atom stereocenters. The molecule has 1 rings (SSSR count). The Labute approximate surface area is 117 Å². The van der Waals surface area contributed by atoms with Crippen molar-refractivity contribution < 1.29 is 19.4 Å². The van der Waals surface area contributed by atoms with Gasteiger partial charge < -0.3 is 9.84 Å². The molecule has 2 radical (unpaired) electrons. The predicted octanol–water partition coefficient (Wildman–Crippen LogP) is 1.98. The van der Waals surface area contributed by atoms with Gasteiger partial charge in [0.2, 0.25) is 0 Å². The van der Waals surface area contributed by atoms with E-state index in [-0.39, 0.29) is 21.5 Å². The van der Waals surface area contributed by atoms with E-state index < -0.39 is 11.2 Å². The van der Waals surface area contributed by atoms with Crippen LogP contribution in [0.1, 0.15) is 40.0 Å². The number of hydrogen-bond acceptors (Lipinski definition) is 4. The Morgan fingerprint density at radius 2 is 2.05 bits per heavy atom. The summed E-state index contributed by atoms with van der Waals surface area (Å²) < 4.78 is 5.44. The van der Waals surface area contributed by atoms with Crippen LogP contribution >= 0.6 is 0 Å². The minimum Gasteiger partial charge on any atom is -0.486 e. The van der Waals surface area contributed by atoms with Crippen molar-refractivity contribution in [2.24, 2.45) is 0 Å². The molecule has 0 aromatic carbocycles. The fourth-order valence-corrected chi connectivity index (χ4v) is 2.81. The van der Waals surface area contributed by atoms with Crippen molar-refractivity contribution in [2.75, 3.05) is 13.1 Å². The third-order valence-electron chi connectivity index (χ3n) is 2.97. The highest BCUT2D eigenvalue weighted by atomic mass is 28.2. The largest absolute Gasteiger partial charge is 0.486 e. The molecule has 0 aromatic heterocycles. The van der Waals surface area contributed by atoms with E-state index in [9.17, 15) is 9.59 Å². The molecule has 0 aliphatic carbocycles. The molecule has 0 saturated carbocycles. The summed E-state index contributed by atoms with van der Waals surface area (Å²) in [6.07, 6.45) is 2.90. The van der Waals surface area contributed by atoms with Crippen LogP contribution in [0, 0.1) is 0 Å². The number of nitrogens with zero attached hydrogens (tertiary/aromatic N) is 1. The maximum Gasteiger partial charge on any atom is 0.323 e. The van der Waals surface area contributed by atoms with Crippen LogP contribution in [-0.2, 0) is 9.53 Å². The first kappa shape index (κ1) is 16.2. The predicted molar refractivity (Wildman–Crippen MR) is 73.6 cm³/mol. The normalized spacial score (nSPS) is 21.1. The van der Waals surface area contributed by atoms with Gasteiger partial charge in [-0.25, -0.2) is 0 Å². The Morgan fingerprint density at radius 1 is 1.37 bits per heavy atom. The van der Waals surface area contributed by atoms with Gasteiger partial charge in [0.15, 0.2) is 9.52 Å². The fraction of sp³-hybridized carbons (Fsp3) is 0.846. The number of hydrogen-bond donors (Lipinski definition) is 1. The maximum absolute atomic E-state index is 12.1. The van der Waals surface area contributed by atoms with Gasteiger partial charge in [-0.3, -0.25) is 14.5 Å². The second-order valence-electron chi connectivity index (χ2n) is 5.81. The van der Waals surface area contributed by atoms with E-state index in [2.05, 4.69) is 4.90 Å². The molecule has 19 heavy (non-hydrogen) atoms. The molecule has 1 aliphatic rings. The Kier molecular flexibility index (Phi) is 6.00. The molecule has 1 N–H and O–H groups in total. The first-order valence-electron chi connectivity index (χ1n) is 6.73. The van der Waals surface area contributed by atoms with Crippen molar-refractivity contribution >= 4 is 21.1 Å². The van der Waals surface area contributed by atoms with E-state index in [0.717, 1.165) is 25.8 Å². The lowest BCUT2D eigenvalue weighted by Gasteiger charge is -2.35. The Morgan fingerprint density at radius 3 is 2.63 bits per heavy atom. The molecule has 0 bridgehead atoms. The van der Waals surface area contributed by atoms with Gasteiger partial charge in [0, 0.05) is 0 Å². The zero-order valence-corrected chi connectivity index (χ0v) is 12.9. The standard InChI is InChI=1S/C13H23NO4Si/c1-13(2,3)18-11(15)10-6-4-5-7-14(10)8-9-19-12(16)17/h10H,4-9H2,1-3H3,(H,16,17). The number of carbonyl (C=O) groups is 2. The van der Waals surface area contributed by atoms with Gasteiger partial charge in [-0.1, -0.05) is 6.42 Å². The first-order chi connectivity index (χ1) is 8.79. The lowest BCUT2D eigenvalue weighted by molar-refractivity contribution is -0.162. The highest BCUT2D eigenvalue weighted by Gasteiger charge is 2.32. The third-order valence-corrected chi connectivity index (χ3v) is 3.74. The summed E-state index contributed by atoms with van der Waals surface area (Å²) >= 11 is 0. The quantitative estimate of drug-likeness (QED) is 0.618. The van der Waals surface area contributed by atoms with Crippen LogP contribution in [0.2, 0.25) is 6.04 Å². The smallest absolute Gasteiger partial charge is 0.323 e. The lowest BCUT2D eigenvalue weighted by Crippen LogP contribution is -2.47. The summed E-state index contributed by atoms with van der Waals surface area (Å²) in [4.78, 5) is 24.8. The summed E-state index contributed by atoms with van der Waals surface area (Å²) in [6.45, 7) is 7.11. The molecule has 0 spiro atoms. The van der Waals surface area contributed by atoms with Gasteiger partial charge in [0.05, 0.1) is 0 Å². The summed E-state index contributed by atoms with van der Waals surface area (Å²) in [6, 6.07) is 0.404. The molecule has 6 heteroatoms. The lowest BCUT2D eigenvalue weighted by atomic mass is 10.0. The van der Waals surface area contributed by atoms with Crippen molar-refractivity contribution in [3.8, 4) is 0 Å². The second kappa shape index (κ2) is 7.05. The summed E-state index contributed by atoms with van der Waals surface area (Å²) in [5.74, 6) is -0.175. The van der Waals surface area contributed by atoms with Crippen LogP contribution in [0.5, 0.6) is 0 Å². The van der Waals surface area contributed by atoms with Crippen LogP contribution in [0.4, 0.5) is 4.79 Å². The van der Waals surface area contributed by atoms with Gasteiger partial charge in [0.25, 0.3) is 5.59 Å². The zero-order valence-electron chi connectivity index (χ0n) is 11.9. The molecule has 0 aromatic rings. The number of likely N-dealkylation sites (tertiary alicyclic amines) is 1. The Bertz CT molecular complexity index is 327. The molecule has 108 valence electrons. The van der Waals surface area contributed by atoms with Crippen LogP contribution in [-0.4, -0.2) is 55.8 Å². The van der Waals surface area contributed by atoms with Crippen LogP contribution < -0.4 is 0 Å². The minimum atomic E-state index is -0.758. The molecule has 1 aliphatic heterocycles. The second-order valence-corrected chi connectivity index (χ2v) is 7.09. The highest BCUT2D eigenvalue weighted by Crippen LogP contribution is 2.20. The van der Waals surface area contributed by atoms with Crippen molar-refractivity contribution in [2.45, 2.75) is 57.7 Å². The molecule has 5 nitrogen and oxygen atoms in total. The van der Waals surface area contributed by atoms with Crippen molar-refractivity contribution in [1.82, 2.24) is 4.90 Å². The van der Waals surface area contributed by atoms with Gasteiger partial charge in [-0.2, -0.15) is 0 Å². The van der Waals surface area contributed by atoms with E-state index in [4.69, 9.17) is 9.84 Å². The van der Waals surface area contributed by atoms with Gasteiger partial charge in [0.1, 0.15) is 11.6 Å². The van der Waals surface area contributed by atoms with E-state index in [0.29, 0.717) is 12.6 Å².